The Morgan fingerprint density at radius 3 is 1.20 bits per heavy atom. The Balaban J connectivity index is 1.18. The van der Waals surface area contributed by atoms with E-state index in [9.17, 15) is 19.2 Å². The summed E-state index contributed by atoms with van der Waals surface area (Å²) in [5, 5.41) is 11.8. The summed E-state index contributed by atoms with van der Waals surface area (Å²) >= 11 is 3.07. The van der Waals surface area contributed by atoms with E-state index in [0.717, 1.165) is 31.0 Å². The van der Waals surface area contributed by atoms with Gasteiger partial charge in [-0.1, -0.05) is 47.8 Å². The molecule has 0 aliphatic heterocycles. The molecule has 0 bridgehead atoms. The van der Waals surface area contributed by atoms with Crippen molar-refractivity contribution in [1.82, 2.24) is 9.80 Å². The molecule has 12 heteroatoms. The third-order valence-electron chi connectivity index (χ3n) is 7.43. The Hall–Kier alpha value is -4.62. The van der Waals surface area contributed by atoms with Gasteiger partial charge in [0, 0.05) is 69.7 Å². The molecule has 0 fully saturated rings. The highest BCUT2D eigenvalue weighted by molar-refractivity contribution is 7.99. The van der Waals surface area contributed by atoms with Gasteiger partial charge in [0.25, 0.3) is 0 Å². The maximum Gasteiger partial charge on any atom is 0.225 e. The minimum absolute atomic E-state index is 0.0329. The van der Waals surface area contributed by atoms with Gasteiger partial charge in [-0.3, -0.25) is 19.2 Å². The SMILES string of the molecule is CN(C)CCC(=O)Nc1ccccc1Sc1ccc(NC(=O)CCCC(=O)Nc2ccc(Sc3ccccc3NC(=O)CCN(C)C)cc2)cc1. The molecule has 268 valence electrons. The van der Waals surface area contributed by atoms with Crippen molar-refractivity contribution in [2.75, 3.05) is 62.5 Å². The number of anilines is 4. The van der Waals surface area contributed by atoms with Crippen LogP contribution in [-0.2, 0) is 19.2 Å². The van der Waals surface area contributed by atoms with E-state index < -0.39 is 0 Å². The number of nitrogens with one attached hydrogen (secondary N) is 4. The molecule has 4 rings (SSSR count). The molecule has 0 heterocycles. The molecule has 0 atom stereocenters. The summed E-state index contributed by atoms with van der Waals surface area (Å²) in [5.74, 6) is -0.391. The maximum atomic E-state index is 12.6. The lowest BCUT2D eigenvalue weighted by atomic mass is 10.2. The molecule has 4 amide bonds. The molecule has 0 aliphatic carbocycles. The Labute approximate surface area is 309 Å². The van der Waals surface area contributed by atoms with Crippen molar-refractivity contribution >= 4 is 69.9 Å². The number of benzene rings is 4. The van der Waals surface area contributed by atoms with Crippen LogP contribution in [0, 0.1) is 0 Å². The average molecular weight is 727 g/mol. The van der Waals surface area contributed by atoms with E-state index in [1.807, 2.05) is 135 Å². The summed E-state index contributed by atoms with van der Waals surface area (Å²) in [4.78, 5) is 57.6. The van der Waals surface area contributed by atoms with Crippen molar-refractivity contribution in [3.05, 3.63) is 97.1 Å². The minimum Gasteiger partial charge on any atom is -0.326 e. The molecule has 0 unspecified atom stereocenters. The second-order valence-electron chi connectivity index (χ2n) is 12.4. The third kappa shape index (κ3) is 14.3. The first-order valence-corrected chi connectivity index (χ1v) is 18.4. The quantitative estimate of drug-likeness (QED) is 0.0831. The highest BCUT2D eigenvalue weighted by Crippen LogP contribution is 2.35. The summed E-state index contributed by atoms with van der Waals surface area (Å²) in [6.45, 7) is 1.35. The molecular weight excluding hydrogens is 681 g/mol. The summed E-state index contributed by atoms with van der Waals surface area (Å²) < 4.78 is 0. The van der Waals surface area contributed by atoms with Crippen molar-refractivity contribution < 1.29 is 19.2 Å². The number of carbonyl (C=O) groups is 4. The number of amides is 4. The highest BCUT2D eigenvalue weighted by atomic mass is 32.2. The Morgan fingerprint density at radius 2 is 0.824 bits per heavy atom. The molecule has 4 N–H and O–H groups in total. The predicted octanol–water partition coefficient (Wildman–Crippen LogP) is 7.52. The molecule has 51 heavy (non-hydrogen) atoms. The van der Waals surface area contributed by atoms with Crippen LogP contribution in [0.3, 0.4) is 0 Å². The van der Waals surface area contributed by atoms with Gasteiger partial charge < -0.3 is 31.1 Å². The topological polar surface area (TPSA) is 123 Å². The van der Waals surface area contributed by atoms with E-state index in [1.54, 1.807) is 0 Å². The number of carbonyl (C=O) groups excluding carboxylic acids is 4. The zero-order valence-corrected chi connectivity index (χ0v) is 31.2. The molecule has 0 aromatic heterocycles. The monoisotopic (exact) mass is 726 g/mol. The zero-order valence-electron chi connectivity index (χ0n) is 29.5. The summed E-state index contributed by atoms with van der Waals surface area (Å²) in [6, 6.07) is 30.4. The van der Waals surface area contributed by atoms with Gasteiger partial charge in [-0.15, -0.1) is 0 Å². The van der Waals surface area contributed by atoms with Gasteiger partial charge >= 0.3 is 0 Å². The van der Waals surface area contributed by atoms with Crippen LogP contribution in [0.5, 0.6) is 0 Å². The molecule has 0 saturated carbocycles. The average Bonchev–Trinajstić information content (AvgIpc) is 3.10. The van der Waals surface area contributed by atoms with Crippen molar-refractivity contribution in [3.63, 3.8) is 0 Å². The van der Waals surface area contributed by atoms with Crippen LogP contribution in [0.4, 0.5) is 22.7 Å². The second-order valence-corrected chi connectivity index (χ2v) is 14.6. The van der Waals surface area contributed by atoms with Crippen LogP contribution < -0.4 is 21.3 Å². The van der Waals surface area contributed by atoms with Gasteiger partial charge in [0.2, 0.25) is 23.6 Å². The Kier molecular flexibility index (Phi) is 15.6. The van der Waals surface area contributed by atoms with Crippen LogP contribution in [0.25, 0.3) is 0 Å². The summed E-state index contributed by atoms with van der Waals surface area (Å²) in [7, 11) is 7.75. The van der Waals surface area contributed by atoms with E-state index in [-0.39, 0.29) is 36.5 Å². The van der Waals surface area contributed by atoms with Crippen LogP contribution >= 0.6 is 23.5 Å². The second kappa shape index (κ2) is 20.3. The molecule has 10 nitrogen and oxygen atoms in total. The lowest BCUT2D eigenvalue weighted by Crippen LogP contribution is -2.21. The lowest BCUT2D eigenvalue weighted by Gasteiger charge is -2.13. The predicted molar refractivity (Wildman–Crippen MR) is 209 cm³/mol. The molecule has 0 radical (unpaired) electrons. The Morgan fingerprint density at radius 1 is 0.471 bits per heavy atom. The van der Waals surface area contributed by atoms with E-state index >= 15 is 0 Å². The van der Waals surface area contributed by atoms with Crippen LogP contribution in [0.15, 0.2) is 117 Å². The third-order valence-corrected chi connectivity index (χ3v) is 9.60. The number of rotatable bonds is 18. The van der Waals surface area contributed by atoms with Gasteiger partial charge in [-0.25, -0.2) is 0 Å². The Bertz CT molecular complexity index is 1640. The number of nitrogens with zero attached hydrogens (tertiary/aromatic N) is 2. The first-order chi connectivity index (χ1) is 24.5. The van der Waals surface area contributed by atoms with Crippen molar-refractivity contribution in [3.8, 4) is 0 Å². The van der Waals surface area contributed by atoms with Crippen molar-refractivity contribution in [2.45, 2.75) is 51.7 Å². The summed E-state index contributed by atoms with van der Waals surface area (Å²) in [6.07, 6.45) is 1.67. The van der Waals surface area contributed by atoms with Gasteiger partial charge in [-0.05, 0) is 107 Å². The van der Waals surface area contributed by atoms with E-state index in [1.165, 1.54) is 23.5 Å². The molecule has 4 aromatic carbocycles. The lowest BCUT2D eigenvalue weighted by molar-refractivity contribution is -0.118. The smallest absolute Gasteiger partial charge is 0.225 e. The van der Waals surface area contributed by atoms with Gasteiger partial charge in [0.15, 0.2) is 0 Å². The molecule has 0 aliphatic rings. The van der Waals surface area contributed by atoms with Crippen molar-refractivity contribution in [1.29, 1.82) is 0 Å². The zero-order chi connectivity index (χ0) is 36.6. The van der Waals surface area contributed by atoms with E-state index in [2.05, 4.69) is 21.3 Å². The fourth-order valence-corrected chi connectivity index (χ4v) is 6.52. The highest BCUT2D eigenvalue weighted by Gasteiger charge is 2.12. The summed E-state index contributed by atoms with van der Waals surface area (Å²) in [5.41, 5.74) is 2.87. The van der Waals surface area contributed by atoms with Crippen molar-refractivity contribution in [2.24, 2.45) is 0 Å². The number of para-hydroxylation sites is 2. The van der Waals surface area contributed by atoms with Gasteiger partial charge in [-0.2, -0.15) is 0 Å². The first kappa shape index (κ1) is 39.2. The van der Waals surface area contributed by atoms with Crippen LogP contribution in [-0.4, -0.2) is 74.7 Å². The maximum absolute atomic E-state index is 12.6. The van der Waals surface area contributed by atoms with E-state index in [4.69, 9.17) is 0 Å². The molecule has 0 saturated heterocycles. The first-order valence-electron chi connectivity index (χ1n) is 16.8. The van der Waals surface area contributed by atoms with Crippen LogP contribution in [0.1, 0.15) is 32.1 Å². The molecular formula is C39H46N6O4S2. The van der Waals surface area contributed by atoms with Crippen LogP contribution in [0.2, 0.25) is 0 Å². The minimum atomic E-state index is -0.162. The number of hydrogen-bond donors (Lipinski definition) is 4. The normalized spacial score (nSPS) is 10.9. The number of hydrogen-bond acceptors (Lipinski definition) is 8. The van der Waals surface area contributed by atoms with Gasteiger partial charge in [0.05, 0.1) is 11.4 Å². The van der Waals surface area contributed by atoms with E-state index in [0.29, 0.717) is 43.7 Å². The fraction of sp³-hybridized carbons (Fsp3) is 0.282. The largest absolute Gasteiger partial charge is 0.326 e. The molecule has 4 aromatic rings. The molecule has 0 spiro atoms. The van der Waals surface area contributed by atoms with Gasteiger partial charge in [0.1, 0.15) is 0 Å². The standard InChI is InChI=1S/C39H46N6O4S2/c1-44(2)26-24-38(48)42-32-10-5-7-12-34(32)50-30-20-16-28(17-21-30)40-36(46)14-9-15-37(47)41-29-18-22-31(23-19-29)51-35-13-8-6-11-33(35)43-39(49)25-27-45(3)4/h5-8,10-13,16-23H,9,14-15,24-27H2,1-4H3,(H,40,46)(H,41,47)(H,42,48)(H,43,49). The fourth-order valence-electron chi connectivity index (χ4n) is 4.72.